The van der Waals surface area contributed by atoms with Gasteiger partial charge in [0.05, 0.1) is 5.56 Å². The van der Waals surface area contributed by atoms with Crippen molar-refractivity contribution in [2.45, 2.75) is 12.7 Å². The Labute approximate surface area is 117 Å². The molecule has 2 aromatic carbocycles. The summed E-state index contributed by atoms with van der Waals surface area (Å²) in [6, 6.07) is 9.44. The van der Waals surface area contributed by atoms with Crippen LogP contribution < -0.4 is 10.9 Å². The number of halogens is 5. The second kappa shape index (κ2) is 6.09. The first kappa shape index (κ1) is 15.2. The summed E-state index contributed by atoms with van der Waals surface area (Å²) in [6.07, 6.45) is -4.86. The second-order valence-electron chi connectivity index (χ2n) is 4.27. The third kappa shape index (κ3) is 3.91. The maximum absolute atomic E-state index is 13.5. The van der Waals surface area contributed by atoms with Gasteiger partial charge in [-0.15, -0.1) is 0 Å². The van der Waals surface area contributed by atoms with E-state index in [9.17, 15) is 22.0 Å². The zero-order valence-electron chi connectivity index (χ0n) is 10.6. The zero-order valence-corrected chi connectivity index (χ0v) is 10.6. The van der Waals surface area contributed by atoms with E-state index in [1.54, 1.807) is 30.3 Å². The fraction of sp³-hybridized carbons (Fsp3) is 0.143. The molecule has 7 heteroatoms. The third-order valence-electron chi connectivity index (χ3n) is 2.73. The van der Waals surface area contributed by atoms with E-state index in [-0.39, 0.29) is 18.2 Å². The fourth-order valence-corrected chi connectivity index (χ4v) is 1.71. The van der Waals surface area contributed by atoms with Crippen LogP contribution in [0.25, 0.3) is 0 Å². The lowest BCUT2D eigenvalue weighted by Gasteiger charge is -2.13. The molecule has 0 aliphatic carbocycles. The van der Waals surface area contributed by atoms with Crippen molar-refractivity contribution in [3.05, 3.63) is 65.2 Å². The number of hydrazine groups is 1. The van der Waals surface area contributed by atoms with Gasteiger partial charge in [-0.3, -0.25) is 0 Å². The minimum Gasteiger partial charge on any atom is -0.321 e. The first-order valence-electron chi connectivity index (χ1n) is 5.97. The van der Waals surface area contributed by atoms with E-state index in [0.717, 1.165) is 0 Å². The van der Waals surface area contributed by atoms with E-state index in [2.05, 4.69) is 10.9 Å². The van der Waals surface area contributed by atoms with E-state index < -0.39 is 23.4 Å². The summed E-state index contributed by atoms with van der Waals surface area (Å²) in [5.74, 6) is -2.66. The Morgan fingerprint density at radius 1 is 0.905 bits per heavy atom. The van der Waals surface area contributed by atoms with Gasteiger partial charge >= 0.3 is 6.18 Å². The predicted octanol–water partition coefficient (Wildman–Crippen LogP) is 4.10. The summed E-state index contributed by atoms with van der Waals surface area (Å²) in [7, 11) is 0. The molecule has 2 aromatic rings. The van der Waals surface area contributed by atoms with E-state index in [1.165, 1.54) is 0 Å². The Morgan fingerprint density at radius 2 is 1.57 bits per heavy atom. The molecule has 0 spiro atoms. The number of nitrogens with one attached hydrogen (secondary N) is 2. The smallest absolute Gasteiger partial charge is 0.321 e. The van der Waals surface area contributed by atoms with Gasteiger partial charge in [0.15, 0.2) is 0 Å². The topological polar surface area (TPSA) is 24.1 Å². The maximum atomic E-state index is 13.5. The van der Waals surface area contributed by atoms with Crippen molar-refractivity contribution in [3.8, 4) is 0 Å². The monoisotopic (exact) mass is 302 g/mol. The van der Waals surface area contributed by atoms with Crippen molar-refractivity contribution in [1.29, 1.82) is 0 Å². The number of benzene rings is 2. The molecular weight excluding hydrogens is 291 g/mol. The lowest BCUT2D eigenvalue weighted by molar-refractivity contribution is -0.140. The molecule has 112 valence electrons. The quantitative estimate of drug-likeness (QED) is 0.656. The van der Waals surface area contributed by atoms with Crippen LogP contribution in [-0.4, -0.2) is 0 Å². The molecule has 2 nitrogen and oxygen atoms in total. The van der Waals surface area contributed by atoms with Crippen LogP contribution in [0.5, 0.6) is 0 Å². The Morgan fingerprint density at radius 3 is 2.19 bits per heavy atom. The first-order valence-corrected chi connectivity index (χ1v) is 5.97. The first-order chi connectivity index (χ1) is 9.88. The SMILES string of the molecule is Fc1cc(F)c(C(F)(F)F)cc1CNNc1ccccc1. The lowest BCUT2D eigenvalue weighted by Crippen LogP contribution is -2.22. The maximum Gasteiger partial charge on any atom is 0.419 e. The average Bonchev–Trinajstić information content (AvgIpc) is 2.41. The number of rotatable bonds is 4. The summed E-state index contributed by atoms with van der Waals surface area (Å²) >= 11 is 0. The molecule has 21 heavy (non-hydrogen) atoms. The van der Waals surface area contributed by atoms with Crippen molar-refractivity contribution in [3.63, 3.8) is 0 Å². The van der Waals surface area contributed by atoms with Crippen LogP contribution in [-0.2, 0) is 12.7 Å². The molecule has 0 aromatic heterocycles. The summed E-state index contributed by atoms with van der Waals surface area (Å²) in [4.78, 5) is 0. The predicted molar refractivity (Wildman–Crippen MR) is 68.3 cm³/mol. The molecule has 0 heterocycles. The molecule has 2 rings (SSSR count). The molecule has 0 fully saturated rings. The van der Waals surface area contributed by atoms with Crippen LogP contribution in [0.4, 0.5) is 27.6 Å². The van der Waals surface area contributed by atoms with Crippen LogP contribution in [0.3, 0.4) is 0 Å². The molecule has 0 atom stereocenters. The van der Waals surface area contributed by atoms with Crippen LogP contribution in [0.2, 0.25) is 0 Å². The molecule has 0 amide bonds. The highest BCUT2D eigenvalue weighted by Crippen LogP contribution is 2.32. The minimum atomic E-state index is -4.86. The van der Waals surface area contributed by atoms with Crippen molar-refractivity contribution in [1.82, 2.24) is 5.43 Å². The van der Waals surface area contributed by atoms with Gasteiger partial charge in [-0.05, 0) is 18.2 Å². The molecule has 0 saturated heterocycles. The Hall–Kier alpha value is -2.15. The summed E-state index contributed by atoms with van der Waals surface area (Å²) in [6.45, 7) is -0.232. The zero-order chi connectivity index (χ0) is 15.5. The van der Waals surface area contributed by atoms with Gasteiger partial charge in [-0.25, -0.2) is 14.2 Å². The average molecular weight is 302 g/mol. The van der Waals surface area contributed by atoms with Crippen molar-refractivity contribution in [2.24, 2.45) is 0 Å². The highest BCUT2D eigenvalue weighted by molar-refractivity contribution is 5.41. The van der Waals surface area contributed by atoms with Crippen LogP contribution in [0.1, 0.15) is 11.1 Å². The van der Waals surface area contributed by atoms with Gasteiger partial charge in [-0.2, -0.15) is 13.2 Å². The van der Waals surface area contributed by atoms with Gasteiger partial charge in [0, 0.05) is 23.9 Å². The summed E-state index contributed by atoms with van der Waals surface area (Å²) in [5.41, 5.74) is 4.17. The molecule has 0 bridgehead atoms. The molecule has 0 radical (unpaired) electrons. The van der Waals surface area contributed by atoms with E-state index in [0.29, 0.717) is 11.8 Å². The molecule has 0 aliphatic heterocycles. The Balaban J connectivity index is 2.09. The molecule has 0 aliphatic rings. The van der Waals surface area contributed by atoms with Crippen molar-refractivity contribution < 1.29 is 22.0 Å². The van der Waals surface area contributed by atoms with Gasteiger partial charge in [0.1, 0.15) is 11.6 Å². The van der Waals surface area contributed by atoms with Gasteiger partial charge in [0.25, 0.3) is 0 Å². The largest absolute Gasteiger partial charge is 0.419 e. The summed E-state index contributed by atoms with van der Waals surface area (Å²) in [5, 5.41) is 0. The highest BCUT2D eigenvalue weighted by Gasteiger charge is 2.34. The number of hydrogen-bond acceptors (Lipinski definition) is 2. The second-order valence-corrected chi connectivity index (χ2v) is 4.27. The molecular formula is C14H11F5N2. The summed E-state index contributed by atoms with van der Waals surface area (Å²) < 4.78 is 64.2. The van der Waals surface area contributed by atoms with Crippen LogP contribution in [0.15, 0.2) is 42.5 Å². The molecule has 0 saturated carbocycles. The number of alkyl halides is 3. The number of para-hydroxylation sites is 1. The van der Waals surface area contributed by atoms with Gasteiger partial charge < -0.3 is 5.43 Å². The molecule has 0 unspecified atom stereocenters. The Kier molecular flexibility index (Phi) is 4.42. The fourth-order valence-electron chi connectivity index (χ4n) is 1.71. The molecule has 2 N–H and O–H groups in total. The normalized spacial score (nSPS) is 11.5. The van der Waals surface area contributed by atoms with E-state index in [4.69, 9.17) is 0 Å². The lowest BCUT2D eigenvalue weighted by atomic mass is 10.1. The minimum absolute atomic E-state index is 0.232. The van der Waals surface area contributed by atoms with Crippen molar-refractivity contribution >= 4 is 5.69 Å². The van der Waals surface area contributed by atoms with Crippen LogP contribution in [0, 0.1) is 11.6 Å². The van der Waals surface area contributed by atoms with Crippen molar-refractivity contribution in [2.75, 3.05) is 5.43 Å². The van der Waals surface area contributed by atoms with Crippen LogP contribution >= 0.6 is 0 Å². The Bertz CT molecular complexity index is 611. The van der Waals surface area contributed by atoms with E-state index in [1.807, 2.05) is 0 Å². The standard InChI is InChI=1S/C14H11F5N2/c15-12-7-13(16)11(14(17,18)19)6-9(12)8-20-21-10-4-2-1-3-5-10/h1-7,20-21H,8H2. The van der Waals surface area contributed by atoms with Gasteiger partial charge in [0.2, 0.25) is 0 Å². The van der Waals surface area contributed by atoms with Gasteiger partial charge in [-0.1, -0.05) is 18.2 Å². The highest BCUT2D eigenvalue weighted by atomic mass is 19.4. The number of hydrogen-bond donors (Lipinski definition) is 2. The number of anilines is 1. The van der Waals surface area contributed by atoms with E-state index >= 15 is 0 Å². The third-order valence-corrected chi connectivity index (χ3v) is 2.73.